The van der Waals surface area contributed by atoms with Crippen LogP contribution in [0.4, 0.5) is 5.69 Å². The number of para-hydroxylation sites is 1. The zero-order chi connectivity index (χ0) is 28.4. The number of hydrogen-bond donors (Lipinski definition) is 1. The van der Waals surface area contributed by atoms with Crippen molar-refractivity contribution in [2.45, 2.75) is 64.4 Å². The van der Waals surface area contributed by atoms with Crippen molar-refractivity contribution < 1.29 is 18.0 Å². The average molecular weight is 550 g/mol. The van der Waals surface area contributed by atoms with E-state index in [1.54, 1.807) is 30.3 Å². The molecule has 0 bridgehead atoms. The molecule has 0 saturated heterocycles. The number of carbonyl (C=O) groups is 2. The summed E-state index contributed by atoms with van der Waals surface area (Å²) in [4.78, 5) is 28.9. The third kappa shape index (κ3) is 7.69. The van der Waals surface area contributed by atoms with Gasteiger partial charge < -0.3 is 10.2 Å². The van der Waals surface area contributed by atoms with Crippen LogP contribution in [0.5, 0.6) is 0 Å². The summed E-state index contributed by atoms with van der Waals surface area (Å²) in [5, 5.41) is 2.95. The van der Waals surface area contributed by atoms with E-state index in [4.69, 9.17) is 0 Å². The van der Waals surface area contributed by atoms with Gasteiger partial charge in [-0.1, -0.05) is 86.5 Å². The Balaban J connectivity index is 2.03. The van der Waals surface area contributed by atoms with Gasteiger partial charge in [0, 0.05) is 13.1 Å². The SMILES string of the molecule is CCCCNC(=O)[C@@H](CC)N(Cc1ccc(C)cc1)C(=O)CN(c1ccccc1C)S(=O)(=O)c1ccccc1. The van der Waals surface area contributed by atoms with Crippen molar-refractivity contribution in [2.24, 2.45) is 0 Å². The first-order chi connectivity index (χ1) is 18.7. The van der Waals surface area contributed by atoms with Crippen LogP contribution in [-0.2, 0) is 26.2 Å². The number of nitrogens with one attached hydrogen (secondary N) is 1. The van der Waals surface area contributed by atoms with E-state index < -0.39 is 28.5 Å². The van der Waals surface area contributed by atoms with Crippen molar-refractivity contribution in [1.29, 1.82) is 0 Å². The molecule has 0 aromatic heterocycles. The van der Waals surface area contributed by atoms with E-state index in [0.717, 1.165) is 33.8 Å². The third-order valence-electron chi connectivity index (χ3n) is 6.68. The summed E-state index contributed by atoms with van der Waals surface area (Å²) in [7, 11) is -4.07. The highest BCUT2D eigenvalue weighted by Crippen LogP contribution is 2.27. The summed E-state index contributed by atoms with van der Waals surface area (Å²) in [6.45, 7) is 7.97. The lowest BCUT2D eigenvalue weighted by Crippen LogP contribution is -2.52. The molecular weight excluding hydrogens is 510 g/mol. The fourth-order valence-corrected chi connectivity index (χ4v) is 5.89. The van der Waals surface area contributed by atoms with Gasteiger partial charge in [0.1, 0.15) is 12.6 Å². The van der Waals surface area contributed by atoms with Crippen molar-refractivity contribution in [3.8, 4) is 0 Å². The van der Waals surface area contributed by atoms with Gasteiger partial charge in [-0.05, 0) is 56.0 Å². The Kier molecular flexibility index (Phi) is 10.7. The number of sulfonamides is 1. The third-order valence-corrected chi connectivity index (χ3v) is 8.46. The highest BCUT2D eigenvalue weighted by atomic mass is 32.2. The molecule has 0 heterocycles. The largest absolute Gasteiger partial charge is 0.354 e. The molecule has 0 aliphatic carbocycles. The zero-order valence-corrected chi connectivity index (χ0v) is 24.1. The van der Waals surface area contributed by atoms with Crippen molar-refractivity contribution >= 4 is 27.5 Å². The number of aryl methyl sites for hydroxylation is 2. The standard InChI is InChI=1S/C31H39N3O4S/c1-5-7-21-32-31(36)28(6-2)33(22-26-19-17-24(3)18-20-26)30(35)23-34(29-16-12-11-13-25(29)4)39(37,38)27-14-9-8-10-15-27/h8-20,28H,5-7,21-23H2,1-4H3,(H,32,36)/t28-/m1/s1. The maximum absolute atomic E-state index is 14.1. The van der Waals surface area contributed by atoms with Crippen molar-refractivity contribution in [1.82, 2.24) is 10.2 Å². The van der Waals surface area contributed by atoms with E-state index in [2.05, 4.69) is 5.32 Å². The molecule has 0 saturated carbocycles. The lowest BCUT2D eigenvalue weighted by Gasteiger charge is -2.33. The molecule has 3 rings (SSSR count). The second-order valence-corrected chi connectivity index (χ2v) is 11.5. The van der Waals surface area contributed by atoms with Crippen LogP contribution >= 0.6 is 0 Å². The summed E-state index contributed by atoms with van der Waals surface area (Å²) >= 11 is 0. The molecule has 0 aliphatic heterocycles. The van der Waals surface area contributed by atoms with E-state index >= 15 is 0 Å². The van der Waals surface area contributed by atoms with Crippen molar-refractivity contribution in [3.63, 3.8) is 0 Å². The highest BCUT2D eigenvalue weighted by molar-refractivity contribution is 7.92. The van der Waals surface area contributed by atoms with E-state index in [0.29, 0.717) is 18.7 Å². The molecule has 3 aromatic rings. The monoisotopic (exact) mass is 549 g/mol. The van der Waals surface area contributed by atoms with Gasteiger partial charge in [0.05, 0.1) is 10.6 Å². The summed E-state index contributed by atoms with van der Waals surface area (Å²) in [6.07, 6.45) is 2.17. The number of carbonyl (C=O) groups excluding carboxylic acids is 2. The molecule has 39 heavy (non-hydrogen) atoms. The topological polar surface area (TPSA) is 86.8 Å². The molecule has 0 radical (unpaired) electrons. The van der Waals surface area contributed by atoms with Gasteiger partial charge >= 0.3 is 0 Å². The Labute approximate surface area is 232 Å². The van der Waals surface area contributed by atoms with Crippen LogP contribution < -0.4 is 9.62 Å². The Morgan fingerprint density at radius 2 is 1.51 bits per heavy atom. The minimum absolute atomic E-state index is 0.0930. The summed E-state index contributed by atoms with van der Waals surface area (Å²) in [6, 6.07) is 22.2. The van der Waals surface area contributed by atoms with Gasteiger partial charge in [-0.3, -0.25) is 13.9 Å². The minimum atomic E-state index is -4.07. The van der Waals surface area contributed by atoms with E-state index in [1.807, 2.05) is 64.1 Å². The van der Waals surface area contributed by atoms with Crippen LogP contribution in [-0.4, -0.2) is 44.3 Å². The molecule has 0 spiro atoms. The van der Waals surface area contributed by atoms with Crippen LogP contribution in [0, 0.1) is 13.8 Å². The smallest absolute Gasteiger partial charge is 0.264 e. The van der Waals surface area contributed by atoms with E-state index in [1.165, 1.54) is 17.0 Å². The number of amides is 2. The first-order valence-corrected chi connectivity index (χ1v) is 14.9. The lowest BCUT2D eigenvalue weighted by atomic mass is 10.1. The molecule has 2 amide bonds. The van der Waals surface area contributed by atoms with Gasteiger partial charge in [0.2, 0.25) is 11.8 Å². The number of rotatable bonds is 13. The highest BCUT2D eigenvalue weighted by Gasteiger charge is 2.34. The molecule has 8 heteroatoms. The molecule has 1 N–H and O–H groups in total. The lowest BCUT2D eigenvalue weighted by molar-refractivity contribution is -0.140. The summed E-state index contributed by atoms with van der Waals surface area (Å²) < 4.78 is 28.9. The maximum Gasteiger partial charge on any atom is 0.264 e. The molecule has 3 aromatic carbocycles. The molecule has 208 valence electrons. The second kappa shape index (κ2) is 13.9. The minimum Gasteiger partial charge on any atom is -0.354 e. The first-order valence-electron chi connectivity index (χ1n) is 13.4. The van der Waals surface area contributed by atoms with Crippen LogP contribution in [0.3, 0.4) is 0 Å². The molecule has 7 nitrogen and oxygen atoms in total. The normalized spacial score (nSPS) is 12.0. The molecule has 1 atom stereocenters. The van der Waals surface area contributed by atoms with Crippen LogP contribution in [0.15, 0.2) is 83.8 Å². The fourth-order valence-electron chi connectivity index (χ4n) is 4.39. The predicted octanol–water partition coefficient (Wildman–Crippen LogP) is 5.22. The van der Waals surface area contributed by atoms with Gasteiger partial charge in [0.25, 0.3) is 10.0 Å². The maximum atomic E-state index is 14.1. The van der Waals surface area contributed by atoms with Gasteiger partial charge in [-0.2, -0.15) is 0 Å². The number of nitrogens with zero attached hydrogens (tertiary/aromatic N) is 2. The summed E-state index contributed by atoms with van der Waals surface area (Å²) in [5.74, 6) is -0.685. The Hall–Kier alpha value is -3.65. The Morgan fingerprint density at radius 1 is 0.872 bits per heavy atom. The van der Waals surface area contributed by atoms with Gasteiger partial charge in [-0.25, -0.2) is 8.42 Å². The molecule has 0 unspecified atom stereocenters. The van der Waals surface area contributed by atoms with Crippen LogP contribution in [0.25, 0.3) is 0 Å². The predicted molar refractivity (Wildman–Crippen MR) is 156 cm³/mol. The van der Waals surface area contributed by atoms with Gasteiger partial charge in [0.15, 0.2) is 0 Å². The summed E-state index contributed by atoms with van der Waals surface area (Å²) in [5.41, 5.74) is 3.09. The van der Waals surface area contributed by atoms with Crippen molar-refractivity contribution in [2.75, 3.05) is 17.4 Å². The molecule has 0 fully saturated rings. The second-order valence-electron chi connectivity index (χ2n) is 9.69. The van der Waals surface area contributed by atoms with E-state index in [-0.39, 0.29) is 17.3 Å². The van der Waals surface area contributed by atoms with Crippen LogP contribution in [0.1, 0.15) is 49.8 Å². The number of unbranched alkanes of at least 4 members (excludes halogenated alkanes) is 1. The van der Waals surface area contributed by atoms with Gasteiger partial charge in [-0.15, -0.1) is 0 Å². The average Bonchev–Trinajstić information content (AvgIpc) is 2.93. The Bertz CT molecular complexity index is 1340. The quantitative estimate of drug-likeness (QED) is 0.296. The molecular formula is C31H39N3O4S. The van der Waals surface area contributed by atoms with E-state index in [9.17, 15) is 18.0 Å². The number of hydrogen-bond acceptors (Lipinski definition) is 4. The number of benzene rings is 3. The van der Waals surface area contributed by atoms with Crippen LogP contribution in [0.2, 0.25) is 0 Å². The van der Waals surface area contributed by atoms with Crippen molar-refractivity contribution in [3.05, 3.63) is 95.6 Å². The first kappa shape index (κ1) is 29.9. The number of anilines is 1. The zero-order valence-electron chi connectivity index (χ0n) is 23.3. The molecule has 0 aliphatic rings. The fraction of sp³-hybridized carbons (Fsp3) is 0.355. The Morgan fingerprint density at radius 3 is 2.13 bits per heavy atom.